The number of fused-ring (bicyclic) bond motifs is 1. The Morgan fingerprint density at radius 3 is 2.70 bits per heavy atom. The van der Waals surface area contributed by atoms with Crippen molar-refractivity contribution in [3.8, 4) is 0 Å². The van der Waals surface area contributed by atoms with Crippen LogP contribution in [0, 0.1) is 0 Å². The lowest BCUT2D eigenvalue weighted by Crippen LogP contribution is -2.35. The molecule has 1 fully saturated rings. The fourth-order valence-electron chi connectivity index (χ4n) is 3.77. The van der Waals surface area contributed by atoms with Crippen LogP contribution >= 0.6 is 0 Å². The van der Waals surface area contributed by atoms with E-state index in [0.717, 1.165) is 50.3 Å². The number of hydrogen-bond donors (Lipinski definition) is 1. The van der Waals surface area contributed by atoms with Gasteiger partial charge in [0.2, 0.25) is 5.91 Å². The third-order valence-electron chi connectivity index (χ3n) is 5.09. The van der Waals surface area contributed by atoms with Gasteiger partial charge < -0.3 is 14.9 Å². The van der Waals surface area contributed by atoms with Gasteiger partial charge in [-0.1, -0.05) is 25.5 Å². The third kappa shape index (κ3) is 3.75. The van der Waals surface area contributed by atoms with Gasteiger partial charge >= 0.3 is 0 Å². The van der Waals surface area contributed by atoms with E-state index < -0.39 is 6.10 Å². The van der Waals surface area contributed by atoms with Crippen LogP contribution < -0.4 is 4.90 Å². The molecule has 2 heterocycles. The predicted molar refractivity (Wildman–Crippen MR) is 92.7 cm³/mol. The molecule has 3 rings (SSSR count). The van der Waals surface area contributed by atoms with Crippen molar-refractivity contribution in [3.05, 3.63) is 29.3 Å². The fraction of sp³-hybridized carbons (Fsp3) is 0.632. The summed E-state index contributed by atoms with van der Waals surface area (Å²) in [7, 11) is 0. The van der Waals surface area contributed by atoms with Crippen LogP contribution in [0.4, 0.5) is 5.69 Å². The van der Waals surface area contributed by atoms with Crippen LogP contribution in [0.3, 0.4) is 0 Å². The summed E-state index contributed by atoms with van der Waals surface area (Å²) in [6, 6.07) is 6.13. The molecule has 1 atom stereocenters. The van der Waals surface area contributed by atoms with Crippen LogP contribution in [0.1, 0.15) is 56.3 Å². The van der Waals surface area contributed by atoms with Gasteiger partial charge in [0.05, 0.1) is 6.10 Å². The van der Waals surface area contributed by atoms with Crippen molar-refractivity contribution < 1.29 is 9.90 Å². The Balaban J connectivity index is 1.73. The number of carbonyl (C=O) groups excluding carboxylic acids is 1. The lowest BCUT2D eigenvalue weighted by Gasteiger charge is -2.31. The Kier molecular flexibility index (Phi) is 5.34. The van der Waals surface area contributed by atoms with Crippen molar-refractivity contribution in [1.29, 1.82) is 0 Å². The Hall–Kier alpha value is -1.39. The Labute approximate surface area is 139 Å². The van der Waals surface area contributed by atoms with E-state index >= 15 is 0 Å². The second-order valence-electron chi connectivity index (χ2n) is 6.77. The third-order valence-corrected chi connectivity index (χ3v) is 5.09. The summed E-state index contributed by atoms with van der Waals surface area (Å²) in [5.41, 5.74) is 3.23. The summed E-state index contributed by atoms with van der Waals surface area (Å²) in [6.45, 7) is 5.64. The smallest absolute Gasteiger partial charge is 0.226 e. The molecule has 0 saturated carbocycles. The highest BCUT2D eigenvalue weighted by molar-refractivity contribution is 5.94. The van der Waals surface area contributed by atoms with E-state index in [1.165, 1.54) is 24.8 Å². The highest BCUT2D eigenvalue weighted by Gasteiger charge is 2.23. The summed E-state index contributed by atoms with van der Waals surface area (Å²) in [6.07, 6.45) is 5.90. The van der Waals surface area contributed by atoms with E-state index in [1.54, 1.807) is 0 Å². The first-order chi connectivity index (χ1) is 11.2. The molecule has 0 bridgehead atoms. The largest absolute Gasteiger partial charge is 0.387 e. The van der Waals surface area contributed by atoms with Crippen LogP contribution in [-0.4, -0.2) is 42.1 Å². The molecule has 126 valence electrons. The summed E-state index contributed by atoms with van der Waals surface area (Å²) >= 11 is 0. The lowest BCUT2D eigenvalue weighted by atomic mass is 9.96. The molecule has 1 saturated heterocycles. The lowest BCUT2D eigenvalue weighted by molar-refractivity contribution is -0.118. The number of rotatable bonds is 4. The van der Waals surface area contributed by atoms with Crippen molar-refractivity contribution in [3.63, 3.8) is 0 Å². The molecule has 0 spiro atoms. The van der Waals surface area contributed by atoms with Gasteiger partial charge in [0.15, 0.2) is 0 Å². The second-order valence-corrected chi connectivity index (χ2v) is 6.77. The van der Waals surface area contributed by atoms with Crippen molar-refractivity contribution in [2.45, 2.75) is 51.6 Å². The number of aliphatic hydroxyl groups excluding tert-OH is 1. The Bertz CT molecular complexity index is 552. The van der Waals surface area contributed by atoms with Gasteiger partial charge in [-0.3, -0.25) is 4.79 Å². The first-order valence-electron chi connectivity index (χ1n) is 9.02. The van der Waals surface area contributed by atoms with Crippen LogP contribution in [0.2, 0.25) is 0 Å². The number of aryl methyl sites for hydroxylation is 1. The average molecular weight is 316 g/mol. The number of likely N-dealkylation sites (tertiary alicyclic amines) is 1. The first kappa shape index (κ1) is 16.5. The molecular formula is C19H28N2O2. The van der Waals surface area contributed by atoms with E-state index in [1.807, 2.05) is 24.0 Å². The molecule has 4 nitrogen and oxygen atoms in total. The molecule has 1 aromatic rings. The SMILES string of the molecule is CCC(=O)N1CCCc2cc([C@H](O)CN3CCCCC3)ccc21. The predicted octanol–water partition coefficient (Wildman–Crippen LogP) is 2.90. The minimum atomic E-state index is -0.435. The van der Waals surface area contributed by atoms with Gasteiger partial charge in [-0.15, -0.1) is 0 Å². The quantitative estimate of drug-likeness (QED) is 0.929. The molecule has 2 aliphatic heterocycles. The maximum Gasteiger partial charge on any atom is 0.226 e. The molecule has 0 aliphatic carbocycles. The fourth-order valence-corrected chi connectivity index (χ4v) is 3.77. The zero-order chi connectivity index (χ0) is 16.2. The summed E-state index contributed by atoms with van der Waals surface area (Å²) in [5.74, 6) is 0.188. The van der Waals surface area contributed by atoms with Crippen LogP contribution in [0.25, 0.3) is 0 Å². The number of piperidine rings is 1. The van der Waals surface area contributed by atoms with Crippen molar-refractivity contribution >= 4 is 11.6 Å². The molecule has 0 radical (unpaired) electrons. The molecular weight excluding hydrogens is 288 g/mol. The van der Waals surface area contributed by atoms with E-state index in [2.05, 4.69) is 11.0 Å². The number of anilines is 1. The molecule has 4 heteroatoms. The molecule has 2 aliphatic rings. The van der Waals surface area contributed by atoms with Crippen LogP contribution in [0.5, 0.6) is 0 Å². The maximum atomic E-state index is 12.1. The van der Waals surface area contributed by atoms with Crippen molar-refractivity contribution in [1.82, 2.24) is 4.90 Å². The van der Waals surface area contributed by atoms with E-state index in [9.17, 15) is 9.90 Å². The summed E-state index contributed by atoms with van der Waals surface area (Å²) in [5, 5.41) is 10.6. The van der Waals surface area contributed by atoms with Crippen molar-refractivity contribution in [2.75, 3.05) is 31.1 Å². The van der Waals surface area contributed by atoms with Gasteiger partial charge in [-0.05, 0) is 56.0 Å². The second kappa shape index (κ2) is 7.45. The summed E-state index contributed by atoms with van der Waals surface area (Å²) < 4.78 is 0. The van der Waals surface area contributed by atoms with E-state index in [0.29, 0.717) is 6.42 Å². The zero-order valence-corrected chi connectivity index (χ0v) is 14.1. The molecule has 0 aromatic heterocycles. The molecule has 1 N–H and O–H groups in total. The number of hydrogen-bond acceptors (Lipinski definition) is 3. The number of β-amino-alcohol motifs (C(OH)–C–C–N with tert-alkyl or cyclic N) is 1. The van der Waals surface area contributed by atoms with Crippen LogP contribution in [-0.2, 0) is 11.2 Å². The topological polar surface area (TPSA) is 43.8 Å². The number of carbonyl (C=O) groups is 1. The van der Waals surface area contributed by atoms with E-state index in [4.69, 9.17) is 0 Å². The Morgan fingerprint density at radius 1 is 1.17 bits per heavy atom. The number of aliphatic hydroxyl groups is 1. The van der Waals surface area contributed by atoms with Gasteiger partial charge in [-0.2, -0.15) is 0 Å². The van der Waals surface area contributed by atoms with Gasteiger partial charge in [0.25, 0.3) is 0 Å². The monoisotopic (exact) mass is 316 g/mol. The molecule has 0 unspecified atom stereocenters. The van der Waals surface area contributed by atoms with Gasteiger partial charge in [0, 0.05) is 25.2 Å². The highest BCUT2D eigenvalue weighted by atomic mass is 16.3. The Morgan fingerprint density at radius 2 is 1.96 bits per heavy atom. The standard InChI is InChI=1S/C19H28N2O2/c1-2-19(23)21-12-6-7-15-13-16(8-9-17(15)21)18(22)14-20-10-4-3-5-11-20/h8-9,13,18,22H,2-7,10-12,14H2,1H3/t18-/m1/s1. The van der Waals surface area contributed by atoms with Crippen molar-refractivity contribution in [2.24, 2.45) is 0 Å². The number of benzene rings is 1. The first-order valence-corrected chi connectivity index (χ1v) is 9.02. The number of nitrogens with zero attached hydrogens (tertiary/aromatic N) is 2. The normalized spacial score (nSPS) is 20.2. The zero-order valence-electron chi connectivity index (χ0n) is 14.1. The average Bonchev–Trinajstić information content (AvgIpc) is 2.60. The van der Waals surface area contributed by atoms with Gasteiger partial charge in [0.1, 0.15) is 0 Å². The molecule has 23 heavy (non-hydrogen) atoms. The molecule has 1 amide bonds. The maximum absolute atomic E-state index is 12.1. The highest BCUT2D eigenvalue weighted by Crippen LogP contribution is 2.30. The van der Waals surface area contributed by atoms with Gasteiger partial charge in [-0.25, -0.2) is 0 Å². The minimum Gasteiger partial charge on any atom is -0.387 e. The van der Waals surface area contributed by atoms with E-state index in [-0.39, 0.29) is 5.91 Å². The van der Waals surface area contributed by atoms with Crippen LogP contribution in [0.15, 0.2) is 18.2 Å². The summed E-state index contributed by atoms with van der Waals surface area (Å²) in [4.78, 5) is 16.3. The number of amides is 1. The molecule has 1 aromatic carbocycles. The minimum absolute atomic E-state index is 0.188.